The van der Waals surface area contributed by atoms with Crippen LogP contribution >= 0.6 is 0 Å². The van der Waals surface area contributed by atoms with Crippen LogP contribution in [0, 0.1) is 5.92 Å². The van der Waals surface area contributed by atoms with E-state index in [1.165, 1.54) is 0 Å². The van der Waals surface area contributed by atoms with Crippen LogP contribution in [-0.4, -0.2) is 43.9 Å². The van der Waals surface area contributed by atoms with Crippen molar-refractivity contribution < 1.29 is 24.2 Å². The number of methoxy groups -OCH3 is 1. The molecule has 0 spiro atoms. The zero-order valence-electron chi connectivity index (χ0n) is 13.0. The predicted octanol–water partition coefficient (Wildman–Crippen LogP) is 1.94. The molecule has 1 amide bonds. The lowest BCUT2D eigenvalue weighted by Gasteiger charge is -2.12. The maximum atomic E-state index is 12.0. The molecule has 1 aromatic carbocycles. The van der Waals surface area contributed by atoms with Gasteiger partial charge in [-0.25, -0.2) is 0 Å². The molecule has 2 N–H and O–H groups in total. The minimum absolute atomic E-state index is 0.133. The molecule has 0 aliphatic carbocycles. The summed E-state index contributed by atoms with van der Waals surface area (Å²) in [6.07, 6.45) is 1.31. The number of carbonyl (C=O) groups is 2. The number of carboxylic acids is 1. The first-order valence-corrected chi connectivity index (χ1v) is 7.31. The van der Waals surface area contributed by atoms with E-state index in [9.17, 15) is 9.59 Å². The smallest absolute Gasteiger partial charge is 0.308 e. The zero-order chi connectivity index (χ0) is 16.4. The van der Waals surface area contributed by atoms with Crippen molar-refractivity contribution in [3.05, 3.63) is 29.8 Å². The third-order valence-corrected chi connectivity index (χ3v) is 3.17. The van der Waals surface area contributed by atoms with E-state index in [4.69, 9.17) is 14.6 Å². The Morgan fingerprint density at radius 3 is 2.45 bits per heavy atom. The van der Waals surface area contributed by atoms with Gasteiger partial charge >= 0.3 is 5.97 Å². The molecule has 1 rings (SSSR count). The second kappa shape index (κ2) is 9.78. The molecule has 6 nitrogen and oxygen atoms in total. The fourth-order valence-corrected chi connectivity index (χ4v) is 1.92. The average molecular weight is 309 g/mol. The first-order chi connectivity index (χ1) is 10.6. The maximum absolute atomic E-state index is 12.0. The van der Waals surface area contributed by atoms with Crippen molar-refractivity contribution in [3.63, 3.8) is 0 Å². The van der Waals surface area contributed by atoms with Gasteiger partial charge in [0.05, 0.1) is 12.5 Å². The van der Waals surface area contributed by atoms with Gasteiger partial charge in [0.1, 0.15) is 12.4 Å². The summed E-state index contributed by atoms with van der Waals surface area (Å²) in [4.78, 5) is 23.0. The Morgan fingerprint density at radius 1 is 1.23 bits per heavy atom. The van der Waals surface area contributed by atoms with E-state index in [2.05, 4.69) is 5.32 Å². The summed E-state index contributed by atoms with van der Waals surface area (Å²) in [7, 11) is 1.60. The van der Waals surface area contributed by atoms with Gasteiger partial charge in [-0.15, -0.1) is 0 Å². The molecule has 0 radical (unpaired) electrons. The number of hydrogen-bond donors (Lipinski definition) is 2. The van der Waals surface area contributed by atoms with Gasteiger partial charge in [0, 0.05) is 19.2 Å². The molecule has 1 aromatic rings. The molecule has 122 valence electrons. The van der Waals surface area contributed by atoms with Crippen molar-refractivity contribution in [2.45, 2.75) is 19.8 Å². The quantitative estimate of drug-likeness (QED) is 0.645. The monoisotopic (exact) mass is 309 g/mol. The van der Waals surface area contributed by atoms with Gasteiger partial charge in [0.2, 0.25) is 0 Å². The third-order valence-electron chi connectivity index (χ3n) is 3.17. The highest BCUT2D eigenvalue weighted by atomic mass is 16.5. The number of amides is 1. The molecule has 0 fully saturated rings. The lowest BCUT2D eigenvalue weighted by molar-refractivity contribution is -0.141. The van der Waals surface area contributed by atoms with E-state index in [0.29, 0.717) is 30.9 Å². The first kappa shape index (κ1) is 18.0. The molecule has 1 atom stereocenters. The van der Waals surface area contributed by atoms with E-state index in [1.54, 1.807) is 31.4 Å². The Balaban J connectivity index is 2.49. The molecular formula is C16H23NO5. The van der Waals surface area contributed by atoms with Crippen molar-refractivity contribution in [2.75, 3.05) is 26.9 Å². The number of aliphatic carboxylic acids is 1. The fourth-order valence-electron chi connectivity index (χ4n) is 1.92. The number of nitrogens with one attached hydrogen (secondary N) is 1. The Morgan fingerprint density at radius 2 is 1.91 bits per heavy atom. The summed E-state index contributed by atoms with van der Waals surface area (Å²) in [5, 5.41) is 11.7. The molecule has 6 heteroatoms. The van der Waals surface area contributed by atoms with Crippen molar-refractivity contribution in [1.82, 2.24) is 5.32 Å². The molecule has 0 aliphatic rings. The molecule has 0 aromatic heterocycles. The van der Waals surface area contributed by atoms with Gasteiger partial charge in [-0.1, -0.05) is 13.3 Å². The molecule has 0 bridgehead atoms. The molecule has 0 saturated carbocycles. The zero-order valence-corrected chi connectivity index (χ0v) is 13.0. The number of rotatable bonds is 10. The number of benzene rings is 1. The Kier molecular flexibility index (Phi) is 7.99. The van der Waals surface area contributed by atoms with Crippen LogP contribution in [0.25, 0.3) is 0 Å². The molecule has 0 heterocycles. The Bertz CT molecular complexity index is 472. The minimum Gasteiger partial charge on any atom is -0.491 e. The Labute approximate surface area is 130 Å². The molecule has 1 unspecified atom stereocenters. The SMILES string of the molecule is CCCC(CNC(=O)c1ccc(OCCOC)cc1)C(=O)O. The largest absolute Gasteiger partial charge is 0.491 e. The lowest BCUT2D eigenvalue weighted by Crippen LogP contribution is -2.32. The van der Waals surface area contributed by atoms with E-state index in [1.807, 2.05) is 6.92 Å². The van der Waals surface area contributed by atoms with Gasteiger partial charge in [-0.2, -0.15) is 0 Å². The highest BCUT2D eigenvalue weighted by molar-refractivity contribution is 5.94. The minimum atomic E-state index is -0.885. The number of hydrogen-bond acceptors (Lipinski definition) is 4. The molecule has 0 saturated heterocycles. The standard InChI is InChI=1S/C16H23NO5/c1-3-4-13(16(19)20)11-17-15(18)12-5-7-14(8-6-12)22-10-9-21-2/h5-8,13H,3-4,9-11H2,1-2H3,(H,17,18)(H,19,20). The van der Waals surface area contributed by atoms with E-state index in [0.717, 1.165) is 6.42 Å². The summed E-state index contributed by atoms with van der Waals surface area (Å²) in [5.74, 6) is -1.07. The second-order valence-electron chi connectivity index (χ2n) is 4.90. The van der Waals surface area contributed by atoms with Gasteiger partial charge in [0.15, 0.2) is 0 Å². The summed E-state index contributed by atoms with van der Waals surface area (Å²) in [5.41, 5.74) is 0.472. The molecule has 22 heavy (non-hydrogen) atoms. The normalized spacial score (nSPS) is 11.7. The van der Waals surface area contributed by atoms with Gasteiger partial charge in [-0.05, 0) is 30.7 Å². The van der Waals surface area contributed by atoms with E-state index < -0.39 is 11.9 Å². The van der Waals surface area contributed by atoms with Crippen molar-refractivity contribution in [3.8, 4) is 5.75 Å². The number of carbonyl (C=O) groups excluding carboxylic acids is 1. The molecular weight excluding hydrogens is 286 g/mol. The van der Waals surface area contributed by atoms with Crippen LogP contribution in [0.2, 0.25) is 0 Å². The maximum Gasteiger partial charge on any atom is 0.308 e. The van der Waals surface area contributed by atoms with Crippen LogP contribution in [0.1, 0.15) is 30.1 Å². The van der Waals surface area contributed by atoms with Crippen LogP contribution in [0.5, 0.6) is 5.75 Å². The first-order valence-electron chi connectivity index (χ1n) is 7.31. The summed E-state index contributed by atoms with van der Waals surface area (Å²) >= 11 is 0. The van der Waals surface area contributed by atoms with Crippen LogP contribution in [-0.2, 0) is 9.53 Å². The van der Waals surface area contributed by atoms with E-state index >= 15 is 0 Å². The van der Waals surface area contributed by atoms with Crippen LogP contribution in [0.15, 0.2) is 24.3 Å². The topological polar surface area (TPSA) is 84.9 Å². The van der Waals surface area contributed by atoms with Gasteiger partial charge in [-0.3, -0.25) is 9.59 Å². The number of carboxylic acid groups (broad SMARTS) is 1. The molecule has 0 aliphatic heterocycles. The summed E-state index contributed by atoms with van der Waals surface area (Å²) in [6, 6.07) is 6.69. The van der Waals surface area contributed by atoms with Gasteiger partial charge in [0.25, 0.3) is 5.91 Å². The van der Waals surface area contributed by atoms with Crippen LogP contribution in [0.4, 0.5) is 0 Å². The third kappa shape index (κ3) is 6.13. The average Bonchev–Trinajstić information content (AvgIpc) is 2.51. The second-order valence-corrected chi connectivity index (χ2v) is 4.90. The van der Waals surface area contributed by atoms with Crippen LogP contribution in [0.3, 0.4) is 0 Å². The highest BCUT2D eigenvalue weighted by Gasteiger charge is 2.17. The summed E-state index contributed by atoms with van der Waals surface area (Å²) in [6.45, 7) is 2.99. The van der Waals surface area contributed by atoms with Crippen molar-refractivity contribution >= 4 is 11.9 Å². The lowest BCUT2D eigenvalue weighted by atomic mass is 10.0. The van der Waals surface area contributed by atoms with Crippen LogP contribution < -0.4 is 10.1 Å². The fraction of sp³-hybridized carbons (Fsp3) is 0.500. The predicted molar refractivity (Wildman–Crippen MR) is 82.2 cm³/mol. The Hall–Kier alpha value is -2.08. The highest BCUT2D eigenvalue weighted by Crippen LogP contribution is 2.12. The van der Waals surface area contributed by atoms with Crippen molar-refractivity contribution in [2.24, 2.45) is 5.92 Å². The summed E-state index contributed by atoms with van der Waals surface area (Å²) < 4.78 is 10.3. The van der Waals surface area contributed by atoms with E-state index in [-0.39, 0.29) is 12.5 Å². The van der Waals surface area contributed by atoms with Gasteiger partial charge < -0.3 is 19.9 Å². The van der Waals surface area contributed by atoms with Crippen molar-refractivity contribution in [1.29, 1.82) is 0 Å². The number of ether oxygens (including phenoxy) is 2.